The zero-order valence-electron chi connectivity index (χ0n) is 17.0. The molecule has 2 N–H and O–H groups in total. The summed E-state index contributed by atoms with van der Waals surface area (Å²) in [5.41, 5.74) is 0.948. The Morgan fingerprint density at radius 3 is 2.87 bits per heavy atom. The molecule has 0 aliphatic carbocycles. The highest BCUT2D eigenvalue weighted by Crippen LogP contribution is 2.26. The standard InChI is InChI=1S/C19H24N6O2S3/c1-11-7-24(8-12(2)27-11)9-14-10-30-18(20-14)21-17(26)13(3)25-16(22-23-19(25)28)15-5-4-6-29-15/h4-6,10-13H,7-9H2,1-3H3,(H,23,28)(H,20,21,26). The summed E-state index contributed by atoms with van der Waals surface area (Å²) in [4.78, 5) is 20.8. The van der Waals surface area contributed by atoms with E-state index in [1.54, 1.807) is 15.9 Å². The first kappa shape index (κ1) is 21.3. The number of H-pyrrole nitrogens is 1. The molecule has 1 saturated heterocycles. The number of hydrogen-bond acceptors (Lipinski definition) is 8. The molecule has 4 heterocycles. The lowest BCUT2D eigenvalue weighted by Gasteiger charge is -2.34. The third-order valence-corrected chi connectivity index (χ3v) is 6.84. The number of amides is 1. The minimum Gasteiger partial charge on any atom is -0.373 e. The Hall–Kier alpha value is -1.92. The van der Waals surface area contributed by atoms with Crippen molar-refractivity contribution in [1.82, 2.24) is 24.6 Å². The average molecular weight is 465 g/mol. The number of nitrogens with zero attached hydrogens (tertiary/aromatic N) is 4. The largest absolute Gasteiger partial charge is 0.373 e. The van der Waals surface area contributed by atoms with E-state index >= 15 is 0 Å². The maximum absolute atomic E-state index is 12.9. The molecule has 0 radical (unpaired) electrons. The number of hydrogen-bond donors (Lipinski definition) is 2. The number of ether oxygens (including phenoxy) is 1. The highest BCUT2D eigenvalue weighted by molar-refractivity contribution is 7.71. The second kappa shape index (κ2) is 9.06. The van der Waals surface area contributed by atoms with Crippen molar-refractivity contribution >= 4 is 45.9 Å². The molecule has 4 rings (SSSR count). The normalized spacial score (nSPS) is 20.9. The number of nitrogens with one attached hydrogen (secondary N) is 2. The van der Waals surface area contributed by atoms with Gasteiger partial charge in [0.25, 0.3) is 0 Å². The van der Waals surface area contributed by atoms with Gasteiger partial charge >= 0.3 is 0 Å². The smallest absolute Gasteiger partial charge is 0.249 e. The highest BCUT2D eigenvalue weighted by Gasteiger charge is 2.24. The van der Waals surface area contributed by atoms with Crippen molar-refractivity contribution in [3.05, 3.63) is 33.4 Å². The van der Waals surface area contributed by atoms with E-state index in [0.717, 1.165) is 30.2 Å². The third-order valence-electron chi connectivity index (χ3n) is 4.88. The van der Waals surface area contributed by atoms with Gasteiger partial charge in [0.2, 0.25) is 5.91 Å². The number of carbonyl (C=O) groups is 1. The molecule has 0 spiro atoms. The second-order valence-corrected chi connectivity index (χ2v) is 9.65. The van der Waals surface area contributed by atoms with Gasteiger partial charge < -0.3 is 10.1 Å². The highest BCUT2D eigenvalue weighted by atomic mass is 32.1. The van der Waals surface area contributed by atoms with Gasteiger partial charge in [0.05, 0.1) is 22.8 Å². The van der Waals surface area contributed by atoms with Crippen LogP contribution in [-0.2, 0) is 16.1 Å². The van der Waals surface area contributed by atoms with E-state index in [4.69, 9.17) is 17.0 Å². The Bertz CT molecular complexity index is 1050. The van der Waals surface area contributed by atoms with E-state index in [-0.39, 0.29) is 18.1 Å². The fourth-order valence-electron chi connectivity index (χ4n) is 3.65. The number of rotatable bonds is 6. The van der Waals surface area contributed by atoms with Crippen LogP contribution in [0.25, 0.3) is 10.7 Å². The van der Waals surface area contributed by atoms with Crippen LogP contribution in [-0.4, -0.2) is 55.9 Å². The quantitative estimate of drug-likeness (QED) is 0.538. The fourth-order valence-corrected chi connectivity index (χ4v) is 5.36. The number of aromatic amines is 1. The molecule has 1 fully saturated rings. The first-order valence-electron chi connectivity index (χ1n) is 9.74. The van der Waals surface area contributed by atoms with Crippen LogP contribution in [0.2, 0.25) is 0 Å². The second-order valence-electron chi connectivity index (χ2n) is 7.46. The van der Waals surface area contributed by atoms with E-state index in [2.05, 4.69) is 39.2 Å². The molecule has 3 aromatic rings. The molecule has 1 aliphatic heterocycles. The number of thiophene rings is 1. The van der Waals surface area contributed by atoms with Crippen LogP contribution in [0.3, 0.4) is 0 Å². The maximum atomic E-state index is 12.9. The van der Waals surface area contributed by atoms with E-state index < -0.39 is 6.04 Å². The fraction of sp³-hybridized carbons (Fsp3) is 0.474. The first-order valence-corrected chi connectivity index (χ1v) is 11.9. The van der Waals surface area contributed by atoms with Gasteiger partial charge in [-0.2, -0.15) is 5.10 Å². The molecule has 0 bridgehead atoms. The number of morpholine rings is 1. The van der Waals surface area contributed by atoms with Crippen molar-refractivity contribution < 1.29 is 9.53 Å². The van der Waals surface area contributed by atoms with Gasteiger partial charge in [0.15, 0.2) is 15.7 Å². The number of anilines is 1. The van der Waals surface area contributed by atoms with Crippen molar-refractivity contribution in [3.63, 3.8) is 0 Å². The minimum absolute atomic E-state index is 0.181. The predicted octanol–water partition coefficient (Wildman–Crippen LogP) is 3.93. The molecule has 0 aromatic carbocycles. The summed E-state index contributed by atoms with van der Waals surface area (Å²) in [6, 6.07) is 3.37. The molecule has 30 heavy (non-hydrogen) atoms. The van der Waals surface area contributed by atoms with Crippen LogP contribution in [0.4, 0.5) is 5.13 Å². The van der Waals surface area contributed by atoms with Crippen LogP contribution in [0.15, 0.2) is 22.9 Å². The first-order chi connectivity index (χ1) is 14.4. The van der Waals surface area contributed by atoms with Gasteiger partial charge in [-0.05, 0) is 44.4 Å². The Kier molecular flexibility index (Phi) is 6.44. The van der Waals surface area contributed by atoms with Crippen molar-refractivity contribution in [1.29, 1.82) is 0 Å². The molecule has 0 saturated carbocycles. The zero-order chi connectivity index (χ0) is 21.3. The van der Waals surface area contributed by atoms with E-state index in [1.165, 1.54) is 11.3 Å². The average Bonchev–Trinajstić information content (AvgIpc) is 3.41. The van der Waals surface area contributed by atoms with E-state index in [0.29, 0.717) is 15.7 Å². The Labute approximate surface area is 187 Å². The van der Waals surface area contributed by atoms with Crippen molar-refractivity contribution in [3.8, 4) is 10.7 Å². The van der Waals surface area contributed by atoms with Gasteiger partial charge in [-0.3, -0.25) is 19.4 Å². The predicted molar refractivity (Wildman–Crippen MR) is 121 cm³/mol. The summed E-state index contributed by atoms with van der Waals surface area (Å²) in [5.74, 6) is 0.479. The third kappa shape index (κ3) is 4.70. The summed E-state index contributed by atoms with van der Waals surface area (Å²) in [7, 11) is 0. The lowest BCUT2D eigenvalue weighted by molar-refractivity contribution is -0.118. The van der Waals surface area contributed by atoms with E-state index in [1.807, 2.05) is 29.8 Å². The van der Waals surface area contributed by atoms with E-state index in [9.17, 15) is 4.79 Å². The van der Waals surface area contributed by atoms with Crippen molar-refractivity contribution in [2.45, 2.75) is 45.6 Å². The zero-order valence-corrected chi connectivity index (χ0v) is 19.4. The van der Waals surface area contributed by atoms with Crippen LogP contribution in [0, 0.1) is 4.77 Å². The lowest BCUT2D eigenvalue weighted by atomic mass is 10.2. The summed E-state index contributed by atoms with van der Waals surface area (Å²) < 4.78 is 7.94. The number of carbonyl (C=O) groups excluding carboxylic acids is 1. The van der Waals surface area contributed by atoms with Crippen molar-refractivity contribution in [2.75, 3.05) is 18.4 Å². The van der Waals surface area contributed by atoms with Gasteiger partial charge in [-0.15, -0.1) is 22.7 Å². The maximum Gasteiger partial charge on any atom is 0.249 e. The number of thiazole rings is 1. The molecule has 1 aliphatic rings. The van der Waals surface area contributed by atoms with Gasteiger partial charge in [-0.1, -0.05) is 6.07 Å². The Morgan fingerprint density at radius 2 is 2.17 bits per heavy atom. The molecule has 3 unspecified atom stereocenters. The molecular formula is C19H24N6O2S3. The Balaban J connectivity index is 1.43. The van der Waals surface area contributed by atoms with Gasteiger partial charge in [0.1, 0.15) is 6.04 Å². The molecule has 3 aromatic heterocycles. The summed E-state index contributed by atoms with van der Waals surface area (Å²) in [6.45, 7) is 8.48. The molecule has 160 valence electrons. The number of aromatic nitrogens is 4. The topological polar surface area (TPSA) is 88.1 Å². The van der Waals surface area contributed by atoms with Gasteiger partial charge in [-0.25, -0.2) is 4.98 Å². The molecule has 8 nitrogen and oxygen atoms in total. The lowest BCUT2D eigenvalue weighted by Crippen LogP contribution is -2.44. The van der Waals surface area contributed by atoms with Crippen LogP contribution >= 0.6 is 34.9 Å². The minimum atomic E-state index is -0.526. The summed E-state index contributed by atoms with van der Waals surface area (Å²) >= 11 is 8.34. The summed E-state index contributed by atoms with van der Waals surface area (Å²) in [6.07, 6.45) is 0.425. The van der Waals surface area contributed by atoms with Crippen LogP contribution < -0.4 is 5.32 Å². The van der Waals surface area contributed by atoms with Crippen molar-refractivity contribution in [2.24, 2.45) is 0 Å². The monoisotopic (exact) mass is 464 g/mol. The van der Waals surface area contributed by atoms with Crippen LogP contribution in [0.1, 0.15) is 32.5 Å². The molecule has 3 atom stereocenters. The van der Waals surface area contributed by atoms with Gasteiger partial charge in [0, 0.05) is 25.0 Å². The SMILES string of the molecule is CC1CN(Cc2csc(NC(=O)C(C)n3c(-c4cccs4)n[nH]c3=S)n2)CC(C)O1. The molecule has 11 heteroatoms. The Morgan fingerprint density at radius 1 is 1.40 bits per heavy atom. The summed E-state index contributed by atoms with van der Waals surface area (Å²) in [5, 5.41) is 14.6. The van der Waals surface area contributed by atoms with Crippen LogP contribution in [0.5, 0.6) is 0 Å². The molecular weight excluding hydrogens is 440 g/mol. The molecule has 1 amide bonds.